The summed E-state index contributed by atoms with van der Waals surface area (Å²) in [5, 5.41) is 13.4. The lowest BCUT2D eigenvalue weighted by atomic mass is 10.2. The Balaban J connectivity index is 1.50. The number of aromatic nitrogens is 2. The summed E-state index contributed by atoms with van der Waals surface area (Å²) >= 11 is 0. The average molecular weight is 286 g/mol. The summed E-state index contributed by atoms with van der Waals surface area (Å²) in [5.74, 6) is 0.566. The predicted octanol–water partition coefficient (Wildman–Crippen LogP) is 1.66. The second-order valence-electron chi connectivity index (χ2n) is 5.55. The number of carbonyl (C=O) groups is 2. The number of rotatable bonds is 5. The fourth-order valence-corrected chi connectivity index (χ4v) is 2.40. The van der Waals surface area contributed by atoms with Gasteiger partial charge in [0.15, 0.2) is 0 Å². The molecule has 1 aliphatic carbocycles. The molecule has 110 valence electrons. The third-order valence-corrected chi connectivity index (χ3v) is 3.85. The van der Waals surface area contributed by atoms with E-state index in [1.165, 1.54) is 0 Å². The second-order valence-corrected chi connectivity index (χ2v) is 5.55. The number of carbonyl (C=O) groups excluding carboxylic acids is 2. The molecule has 0 saturated heterocycles. The maximum absolute atomic E-state index is 11.9. The van der Waals surface area contributed by atoms with Crippen LogP contribution in [-0.4, -0.2) is 28.6 Å². The number of hydrogen-bond donors (Lipinski definition) is 3. The molecule has 2 amide bonds. The highest BCUT2D eigenvalue weighted by Gasteiger charge is 2.38. The van der Waals surface area contributed by atoms with Crippen LogP contribution in [0.2, 0.25) is 0 Å². The van der Waals surface area contributed by atoms with Crippen LogP contribution in [0.1, 0.15) is 19.8 Å². The Bertz CT molecular complexity index is 679. The monoisotopic (exact) mass is 286 g/mol. The molecule has 2 atom stereocenters. The van der Waals surface area contributed by atoms with Gasteiger partial charge in [-0.05, 0) is 18.4 Å². The first-order valence-electron chi connectivity index (χ1n) is 7.15. The van der Waals surface area contributed by atoms with Crippen molar-refractivity contribution in [2.24, 2.45) is 11.8 Å². The molecule has 0 aliphatic heterocycles. The largest absolute Gasteiger partial charge is 0.355 e. The van der Waals surface area contributed by atoms with Crippen molar-refractivity contribution in [2.75, 3.05) is 11.9 Å². The van der Waals surface area contributed by atoms with Crippen molar-refractivity contribution in [3.8, 4) is 0 Å². The van der Waals surface area contributed by atoms with E-state index >= 15 is 0 Å². The maximum Gasteiger partial charge on any atom is 0.226 e. The Kier molecular flexibility index (Phi) is 3.60. The lowest BCUT2D eigenvalue weighted by molar-refractivity contribution is -0.122. The van der Waals surface area contributed by atoms with Gasteiger partial charge in [0.05, 0.1) is 17.4 Å². The molecular weight excluding hydrogens is 268 g/mol. The zero-order valence-electron chi connectivity index (χ0n) is 11.8. The second kappa shape index (κ2) is 5.55. The van der Waals surface area contributed by atoms with E-state index in [0.717, 1.165) is 17.3 Å². The number of nitrogens with zero attached hydrogens (tertiary/aromatic N) is 1. The smallest absolute Gasteiger partial charge is 0.226 e. The molecule has 1 aromatic carbocycles. The van der Waals surface area contributed by atoms with Crippen LogP contribution < -0.4 is 10.6 Å². The molecule has 0 spiro atoms. The number of anilines is 1. The molecule has 3 rings (SSSR count). The number of hydrogen-bond acceptors (Lipinski definition) is 3. The molecule has 3 N–H and O–H groups in total. The third-order valence-electron chi connectivity index (χ3n) is 3.85. The van der Waals surface area contributed by atoms with Crippen LogP contribution in [0, 0.1) is 11.8 Å². The van der Waals surface area contributed by atoms with E-state index in [2.05, 4.69) is 27.8 Å². The van der Waals surface area contributed by atoms with Gasteiger partial charge in [0.2, 0.25) is 11.8 Å². The zero-order chi connectivity index (χ0) is 14.8. The summed E-state index contributed by atoms with van der Waals surface area (Å²) in [6, 6.07) is 5.61. The molecule has 0 unspecified atom stereocenters. The van der Waals surface area contributed by atoms with Gasteiger partial charge in [0.1, 0.15) is 0 Å². The number of benzene rings is 1. The minimum atomic E-state index is -0.124. The molecule has 2 aromatic rings. The first-order valence-corrected chi connectivity index (χ1v) is 7.15. The van der Waals surface area contributed by atoms with Crippen molar-refractivity contribution in [3.05, 3.63) is 24.4 Å². The summed E-state index contributed by atoms with van der Waals surface area (Å²) in [7, 11) is 0. The van der Waals surface area contributed by atoms with Gasteiger partial charge >= 0.3 is 0 Å². The van der Waals surface area contributed by atoms with Gasteiger partial charge in [-0.3, -0.25) is 14.7 Å². The van der Waals surface area contributed by atoms with Gasteiger partial charge in [-0.2, -0.15) is 5.10 Å². The highest BCUT2D eigenvalue weighted by atomic mass is 16.2. The molecule has 1 saturated carbocycles. The van der Waals surface area contributed by atoms with Crippen molar-refractivity contribution < 1.29 is 9.59 Å². The number of fused-ring (bicyclic) bond motifs is 1. The van der Waals surface area contributed by atoms with Gasteiger partial charge < -0.3 is 10.6 Å². The van der Waals surface area contributed by atoms with Gasteiger partial charge in [-0.25, -0.2) is 0 Å². The number of aromatic amines is 1. The molecule has 0 bridgehead atoms. The minimum absolute atomic E-state index is 0.0611. The molecule has 1 aromatic heterocycles. The molecule has 1 aliphatic rings. The highest BCUT2D eigenvalue weighted by molar-refractivity contribution is 6.00. The topological polar surface area (TPSA) is 86.9 Å². The SMILES string of the molecule is C[C@@H]1C[C@H]1C(=O)NCCC(=O)Nc1cccc2cn[nH]c12. The van der Waals surface area contributed by atoms with Crippen molar-refractivity contribution >= 4 is 28.4 Å². The van der Waals surface area contributed by atoms with E-state index in [-0.39, 0.29) is 24.2 Å². The van der Waals surface area contributed by atoms with Crippen LogP contribution in [0.4, 0.5) is 5.69 Å². The molecule has 0 radical (unpaired) electrons. The van der Waals surface area contributed by atoms with Crippen molar-refractivity contribution in [1.82, 2.24) is 15.5 Å². The molecule has 1 fully saturated rings. The Hall–Kier alpha value is -2.37. The molecular formula is C15H18N4O2. The van der Waals surface area contributed by atoms with Crippen molar-refractivity contribution in [1.29, 1.82) is 0 Å². The summed E-state index contributed by atoms with van der Waals surface area (Å²) < 4.78 is 0. The van der Waals surface area contributed by atoms with E-state index in [4.69, 9.17) is 0 Å². The van der Waals surface area contributed by atoms with Crippen LogP contribution >= 0.6 is 0 Å². The third kappa shape index (κ3) is 3.04. The minimum Gasteiger partial charge on any atom is -0.355 e. The summed E-state index contributed by atoms with van der Waals surface area (Å²) in [6.45, 7) is 2.43. The zero-order valence-corrected chi connectivity index (χ0v) is 11.8. The molecule has 6 nitrogen and oxygen atoms in total. The van der Waals surface area contributed by atoms with Crippen molar-refractivity contribution in [3.63, 3.8) is 0 Å². The fourth-order valence-electron chi connectivity index (χ4n) is 2.40. The van der Waals surface area contributed by atoms with Gasteiger partial charge in [0, 0.05) is 24.3 Å². The van der Waals surface area contributed by atoms with Crippen LogP contribution in [0.15, 0.2) is 24.4 Å². The van der Waals surface area contributed by atoms with Crippen molar-refractivity contribution in [2.45, 2.75) is 19.8 Å². The van der Waals surface area contributed by atoms with E-state index in [1.807, 2.05) is 18.2 Å². The van der Waals surface area contributed by atoms with Crippen LogP contribution in [-0.2, 0) is 9.59 Å². The highest BCUT2D eigenvalue weighted by Crippen LogP contribution is 2.37. The van der Waals surface area contributed by atoms with Gasteiger partial charge in [-0.1, -0.05) is 19.1 Å². The number of H-pyrrole nitrogens is 1. The first-order chi connectivity index (χ1) is 10.1. The Morgan fingerprint density at radius 2 is 2.24 bits per heavy atom. The number of amides is 2. The molecule has 1 heterocycles. The summed E-state index contributed by atoms with van der Waals surface area (Å²) in [5.41, 5.74) is 1.51. The number of para-hydroxylation sites is 1. The van der Waals surface area contributed by atoms with Crippen LogP contribution in [0.3, 0.4) is 0 Å². The van der Waals surface area contributed by atoms with Gasteiger partial charge in [0.25, 0.3) is 0 Å². The average Bonchev–Trinajstić information content (AvgIpc) is 3.00. The molecule has 6 heteroatoms. The normalized spacial score (nSPS) is 20.2. The first kappa shape index (κ1) is 13.6. The van der Waals surface area contributed by atoms with E-state index in [9.17, 15) is 9.59 Å². The van der Waals surface area contributed by atoms with Crippen LogP contribution in [0.5, 0.6) is 0 Å². The summed E-state index contributed by atoms with van der Waals surface area (Å²) in [4.78, 5) is 23.6. The lowest BCUT2D eigenvalue weighted by Gasteiger charge is -2.07. The van der Waals surface area contributed by atoms with E-state index in [0.29, 0.717) is 18.2 Å². The lowest BCUT2D eigenvalue weighted by Crippen LogP contribution is -2.29. The van der Waals surface area contributed by atoms with Gasteiger partial charge in [-0.15, -0.1) is 0 Å². The number of nitrogens with one attached hydrogen (secondary N) is 3. The fraction of sp³-hybridized carbons (Fsp3) is 0.400. The van der Waals surface area contributed by atoms with E-state index < -0.39 is 0 Å². The Morgan fingerprint density at radius 1 is 1.43 bits per heavy atom. The van der Waals surface area contributed by atoms with E-state index in [1.54, 1.807) is 6.20 Å². The quantitative estimate of drug-likeness (QED) is 0.781. The Morgan fingerprint density at radius 3 is 3.00 bits per heavy atom. The standard InChI is InChI=1S/C15H18N4O2/c1-9-7-11(9)15(21)16-6-5-13(20)18-12-4-2-3-10-8-17-19-14(10)12/h2-4,8-9,11H,5-7H2,1H3,(H,16,21)(H,17,19)(H,18,20)/t9-,11-/m1/s1. The predicted molar refractivity (Wildman–Crippen MR) is 79.6 cm³/mol. The Labute approximate surface area is 122 Å². The molecule has 21 heavy (non-hydrogen) atoms. The van der Waals surface area contributed by atoms with Crippen LogP contribution in [0.25, 0.3) is 10.9 Å². The maximum atomic E-state index is 11.9. The summed E-state index contributed by atoms with van der Waals surface area (Å²) in [6.07, 6.45) is 2.93.